The maximum absolute atomic E-state index is 3.51. The van der Waals surface area contributed by atoms with Gasteiger partial charge in [-0.3, -0.25) is 0 Å². The zero-order chi connectivity index (χ0) is 11.1. The third-order valence-corrected chi connectivity index (χ3v) is 2.73. The van der Waals surface area contributed by atoms with Crippen molar-refractivity contribution in [3.05, 3.63) is 24.0 Å². The summed E-state index contributed by atoms with van der Waals surface area (Å²) in [6.45, 7) is 11.0. The van der Waals surface area contributed by atoms with Crippen LogP contribution in [0.1, 0.15) is 26.5 Å². The monoisotopic (exact) mass is 209 g/mol. The summed E-state index contributed by atoms with van der Waals surface area (Å²) in [5, 5.41) is 3.51. The summed E-state index contributed by atoms with van der Waals surface area (Å²) in [4.78, 5) is 5.63. The molecule has 0 aliphatic heterocycles. The van der Waals surface area contributed by atoms with Crippen molar-refractivity contribution in [2.24, 2.45) is 0 Å². The van der Waals surface area contributed by atoms with Crippen LogP contribution in [0.2, 0.25) is 0 Å². The molecule has 86 valence electrons. The van der Waals surface area contributed by atoms with Gasteiger partial charge in [0.05, 0.1) is 0 Å². The molecule has 15 heavy (non-hydrogen) atoms. The number of nitrogens with zero attached hydrogens (tertiary/aromatic N) is 1. The molecule has 1 unspecified atom stereocenters. The molecule has 1 aromatic rings. The van der Waals surface area contributed by atoms with E-state index in [1.165, 1.54) is 5.69 Å². The van der Waals surface area contributed by atoms with Gasteiger partial charge in [0.25, 0.3) is 0 Å². The average molecular weight is 209 g/mol. The highest BCUT2D eigenvalue weighted by Crippen LogP contribution is 1.96. The molecule has 0 aliphatic carbocycles. The van der Waals surface area contributed by atoms with Crippen molar-refractivity contribution in [3.63, 3.8) is 0 Å². The topological polar surface area (TPSA) is 31.1 Å². The molecule has 0 aliphatic rings. The Bertz CT molecular complexity index is 239. The second kappa shape index (κ2) is 6.64. The van der Waals surface area contributed by atoms with E-state index < -0.39 is 0 Å². The van der Waals surface area contributed by atoms with E-state index in [1.807, 2.05) is 12.3 Å². The molecule has 0 radical (unpaired) electrons. The van der Waals surface area contributed by atoms with E-state index >= 15 is 0 Å². The summed E-state index contributed by atoms with van der Waals surface area (Å²) < 4.78 is 0. The van der Waals surface area contributed by atoms with Gasteiger partial charge in [-0.05, 0) is 32.1 Å². The maximum atomic E-state index is 3.51. The minimum absolute atomic E-state index is 0.535. The molecular formula is C12H23N3. The van der Waals surface area contributed by atoms with Gasteiger partial charge in [0, 0.05) is 31.0 Å². The van der Waals surface area contributed by atoms with E-state index in [0.717, 1.165) is 26.2 Å². The molecule has 0 bridgehead atoms. The number of hydrogen-bond acceptors (Lipinski definition) is 2. The largest absolute Gasteiger partial charge is 0.364 e. The summed E-state index contributed by atoms with van der Waals surface area (Å²) in [5.41, 5.74) is 1.25. The SMILES string of the molecule is CCN(CC)CC(C)NCc1ccc[nH]1. The van der Waals surface area contributed by atoms with Gasteiger partial charge in [-0.2, -0.15) is 0 Å². The van der Waals surface area contributed by atoms with E-state index in [1.54, 1.807) is 0 Å². The molecule has 0 saturated carbocycles. The maximum Gasteiger partial charge on any atom is 0.0360 e. The van der Waals surface area contributed by atoms with E-state index in [9.17, 15) is 0 Å². The summed E-state index contributed by atoms with van der Waals surface area (Å²) in [5.74, 6) is 0. The van der Waals surface area contributed by atoms with Crippen LogP contribution in [0.4, 0.5) is 0 Å². The fourth-order valence-corrected chi connectivity index (χ4v) is 1.70. The lowest BCUT2D eigenvalue weighted by atomic mass is 10.3. The Morgan fingerprint density at radius 2 is 2.13 bits per heavy atom. The van der Waals surface area contributed by atoms with Gasteiger partial charge in [-0.1, -0.05) is 13.8 Å². The molecule has 0 aromatic carbocycles. The van der Waals surface area contributed by atoms with Crippen molar-refractivity contribution in [2.75, 3.05) is 19.6 Å². The third-order valence-electron chi connectivity index (χ3n) is 2.73. The highest BCUT2D eigenvalue weighted by atomic mass is 15.1. The Hall–Kier alpha value is -0.800. The van der Waals surface area contributed by atoms with Crippen LogP contribution in [-0.2, 0) is 6.54 Å². The molecule has 3 nitrogen and oxygen atoms in total. The van der Waals surface area contributed by atoms with E-state index in [4.69, 9.17) is 0 Å². The van der Waals surface area contributed by atoms with Gasteiger partial charge in [-0.15, -0.1) is 0 Å². The van der Waals surface area contributed by atoms with Gasteiger partial charge in [0.15, 0.2) is 0 Å². The van der Waals surface area contributed by atoms with Crippen molar-refractivity contribution in [2.45, 2.75) is 33.4 Å². The predicted molar refractivity (Wildman–Crippen MR) is 64.9 cm³/mol. The Labute approximate surface area is 92.9 Å². The summed E-state index contributed by atoms with van der Waals surface area (Å²) in [6.07, 6.45) is 1.96. The first kappa shape index (κ1) is 12.3. The Morgan fingerprint density at radius 3 is 2.67 bits per heavy atom. The Kier molecular flexibility index (Phi) is 5.43. The van der Waals surface area contributed by atoms with Gasteiger partial charge in [0.2, 0.25) is 0 Å². The van der Waals surface area contributed by atoms with Crippen molar-refractivity contribution in [1.82, 2.24) is 15.2 Å². The van der Waals surface area contributed by atoms with Crippen molar-refractivity contribution < 1.29 is 0 Å². The standard InChI is InChI=1S/C12H23N3/c1-4-15(5-2)10-11(3)14-9-12-7-6-8-13-12/h6-8,11,13-14H,4-5,9-10H2,1-3H3. The van der Waals surface area contributed by atoms with Gasteiger partial charge >= 0.3 is 0 Å². The lowest BCUT2D eigenvalue weighted by molar-refractivity contribution is 0.270. The smallest absolute Gasteiger partial charge is 0.0360 e. The van der Waals surface area contributed by atoms with E-state index in [-0.39, 0.29) is 0 Å². The van der Waals surface area contributed by atoms with Crippen LogP contribution in [0.3, 0.4) is 0 Å². The molecule has 0 amide bonds. The lowest BCUT2D eigenvalue weighted by Gasteiger charge is -2.23. The normalized spacial score (nSPS) is 13.3. The molecule has 1 rings (SSSR count). The zero-order valence-electron chi connectivity index (χ0n) is 10.1. The molecule has 1 atom stereocenters. The van der Waals surface area contributed by atoms with Crippen LogP contribution in [-0.4, -0.2) is 35.6 Å². The molecule has 1 aromatic heterocycles. The Balaban J connectivity index is 2.21. The summed E-state index contributed by atoms with van der Waals surface area (Å²) in [7, 11) is 0. The van der Waals surface area contributed by atoms with E-state index in [2.05, 4.69) is 42.0 Å². The fourth-order valence-electron chi connectivity index (χ4n) is 1.70. The molecule has 1 heterocycles. The summed E-state index contributed by atoms with van der Waals surface area (Å²) in [6, 6.07) is 4.68. The third kappa shape index (κ3) is 4.49. The number of rotatable bonds is 7. The van der Waals surface area contributed by atoms with Crippen LogP contribution in [0.15, 0.2) is 18.3 Å². The second-order valence-corrected chi connectivity index (χ2v) is 3.96. The van der Waals surface area contributed by atoms with Gasteiger partial charge in [-0.25, -0.2) is 0 Å². The average Bonchev–Trinajstić information content (AvgIpc) is 2.75. The molecule has 0 fully saturated rings. The first-order valence-corrected chi connectivity index (χ1v) is 5.84. The van der Waals surface area contributed by atoms with Gasteiger partial charge in [0.1, 0.15) is 0 Å². The predicted octanol–water partition coefficient (Wildman–Crippen LogP) is 1.83. The zero-order valence-corrected chi connectivity index (χ0v) is 10.1. The first-order chi connectivity index (χ1) is 7.26. The number of nitrogens with one attached hydrogen (secondary N) is 2. The van der Waals surface area contributed by atoms with Crippen molar-refractivity contribution in [1.29, 1.82) is 0 Å². The van der Waals surface area contributed by atoms with Crippen LogP contribution >= 0.6 is 0 Å². The van der Waals surface area contributed by atoms with Crippen LogP contribution < -0.4 is 5.32 Å². The molecule has 0 saturated heterocycles. The van der Waals surface area contributed by atoms with Crippen LogP contribution in [0, 0.1) is 0 Å². The molecular weight excluding hydrogens is 186 g/mol. The first-order valence-electron chi connectivity index (χ1n) is 5.84. The highest BCUT2D eigenvalue weighted by molar-refractivity contribution is 5.03. The number of aromatic amines is 1. The second-order valence-electron chi connectivity index (χ2n) is 3.96. The number of aromatic nitrogens is 1. The number of H-pyrrole nitrogens is 1. The lowest BCUT2D eigenvalue weighted by Crippen LogP contribution is -2.38. The number of likely N-dealkylation sites (N-methyl/N-ethyl adjacent to an activating group) is 1. The van der Waals surface area contributed by atoms with Crippen LogP contribution in [0.5, 0.6) is 0 Å². The van der Waals surface area contributed by atoms with E-state index in [0.29, 0.717) is 6.04 Å². The van der Waals surface area contributed by atoms with Crippen molar-refractivity contribution in [3.8, 4) is 0 Å². The van der Waals surface area contributed by atoms with Crippen LogP contribution in [0.25, 0.3) is 0 Å². The van der Waals surface area contributed by atoms with Crippen molar-refractivity contribution >= 4 is 0 Å². The van der Waals surface area contributed by atoms with Gasteiger partial charge < -0.3 is 15.2 Å². The highest BCUT2D eigenvalue weighted by Gasteiger charge is 2.06. The minimum atomic E-state index is 0.535. The molecule has 3 heteroatoms. The summed E-state index contributed by atoms with van der Waals surface area (Å²) >= 11 is 0. The molecule has 2 N–H and O–H groups in total. The Morgan fingerprint density at radius 1 is 1.40 bits per heavy atom. The quantitative estimate of drug-likeness (QED) is 0.718. The number of hydrogen-bond donors (Lipinski definition) is 2. The molecule has 0 spiro atoms. The fraction of sp³-hybridized carbons (Fsp3) is 0.667. The minimum Gasteiger partial charge on any atom is -0.364 e.